The summed E-state index contributed by atoms with van der Waals surface area (Å²) in [7, 11) is 0. The Balaban J connectivity index is 1.70. The fourth-order valence-corrected chi connectivity index (χ4v) is 2.17. The Morgan fingerprint density at radius 2 is 1.72 bits per heavy atom. The van der Waals surface area contributed by atoms with Gasteiger partial charge in [-0.3, -0.25) is 19.3 Å². The van der Waals surface area contributed by atoms with Crippen molar-refractivity contribution in [2.45, 2.75) is 25.8 Å². The molecule has 0 bridgehead atoms. The van der Waals surface area contributed by atoms with E-state index >= 15 is 0 Å². The van der Waals surface area contributed by atoms with Gasteiger partial charge in [0, 0.05) is 39.1 Å². The minimum Gasteiger partial charge on any atom is -0.340 e. The molecule has 0 radical (unpaired) electrons. The first-order chi connectivity index (χ1) is 8.58. The maximum Gasteiger partial charge on any atom is 0.287 e. The zero-order chi connectivity index (χ0) is 13.1. The Morgan fingerprint density at radius 3 is 2.22 bits per heavy atom. The van der Waals surface area contributed by atoms with Crippen LogP contribution in [0.25, 0.3) is 0 Å². The van der Waals surface area contributed by atoms with E-state index in [-0.39, 0.29) is 12.5 Å². The Hall–Kier alpha value is -1.43. The summed E-state index contributed by atoms with van der Waals surface area (Å²) in [6.45, 7) is 4.36. The van der Waals surface area contributed by atoms with Crippen LogP contribution in [0.3, 0.4) is 0 Å². The summed E-state index contributed by atoms with van der Waals surface area (Å²) in [4.78, 5) is 37.7. The molecule has 18 heavy (non-hydrogen) atoms. The molecule has 2 amide bonds. The van der Waals surface area contributed by atoms with Gasteiger partial charge >= 0.3 is 0 Å². The predicted molar refractivity (Wildman–Crippen MR) is 64.9 cm³/mol. The van der Waals surface area contributed by atoms with E-state index in [9.17, 15) is 14.4 Å². The van der Waals surface area contributed by atoms with Gasteiger partial charge in [-0.05, 0) is 12.8 Å². The van der Waals surface area contributed by atoms with Crippen molar-refractivity contribution >= 4 is 17.6 Å². The molecule has 1 heterocycles. The molecule has 0 spiro atoms. The topological polar surface area (TPSA) is 69.7 Å². The second-order valence-corrected chi connectivity index (χ2v) is 4.89. The molecular formula is C12H19N3O3. The molecule has 1 N–H and O–H groups in total. The maximum absolute atomic E-state index is 11.8. The molecule has 0 aromatic carbocycles. The molecule has 6 heteroatoms. The van der Waals surface area contributed by atoms with Gasteiger partial charge in [0.05, 0.1) is 6.54 Å². The van der Waals surface area contributed by atoms with Crippen molar-refractivity contribution in [1.82, 2.24) is 15.1 Å². The number of hydrogen-bond acceptors (Lipinski definition) is 4. The lowest BCUT2D eigenvalue weighted by atomic mass is 10.3. The summed E-state index contributed by atoms with van der Waals surface area (Å²) < 4.78 is 0. The van der Waals surface area contributed by atoms with Crippen molar-refractivity contribution in [3.05, 3.63) is 0 Å². The van der Waals surface area contributed by atoms with E-state index in [1.54, 1.807) is 4.90 Å². The number of carbonyl (C=O) groups is 3. The number of piperazine rings is 1. The highest BCUT2D eigenvalue weighted by Gasteiger charge is 2.32. The normalized spacial score (nSPS) is 20.6. The van der Waals surface area contributed by atoms with Crippen LogP contribution >= 0.6 is 0 Å². The number of nitrogens with one attached hydrogen (secondary N) is 1. The second kappa shape index (κ2) is 5.48. The fourth-order valence-electron chi connectivity index (χ4n) is 2.17. The molecule has 0 unspecified atom stereocenters. The van der Waals surface area contributed by atoms with Crippen LogP contribution in [0, 0.1) is 0 Å². The number of Topliss-reactive ketones (excluding diaryl/α,β-unsaturated/α-hetero) is 1. The summed E-state index contributed by atoms with van der Waals surface area (Å²) in [5, 5.41) is 2.33. The van der Waals surface area contributed by atoms with Crippen LogP contribution in [0.1, 0.15) is 19.8 Å². The molecule has 1 aliphatic carbocycles. The second-order valence-electron chi connectivity index (χ2n) is 4.89. The average molecular weight is 253 g/mol. The highest BCUT2D eigenvalue weighted by molar-refractivity contribution is 6.35. The number of rotatable bonds is 4. The average Bonchev–Trinajstić information content (AvgIpc) is 3.19. The van der Waals surface area contributed by atoms with E-state index in [1.165, 1.54) is 19.8 Å². The minimum atomic E-state index is -0.694. The summed E-state index contributed by atoms with van der Waals surface area (Å²) in [5.41, 5.74) is 0. The molecule has 2 rings (SSSR count). The van der Waals surface area contributed by atoms with Gasteiger partial charge in [0.15, 0.2) is 0 Å². The highest BCUT2D eigenvalue weighted by atomic mass is 16.2. The Bertz CT molecular complexity index is 358. The van der Waals surface area contributed by atoms with Gasteiger partial charge in [-0.1, -0.05) is 0 Å². The lowest BCUT2D eigenvalue weighted by molar-refractivity contribution is -0.139. The van der Waals surface area contributed by atoms with Gasteiger partial charge < -0.3 is 10.2 Å². The van der Waals surface area contributed by atoms with Crippen molar-refractivity contribution in [2.75, 3.05) is 32.7 Å². The predicted octanol–water partition coefficient (Wildman–Crippen LogP) is -1.00. The zero-order valence-corrected chi connectivity index (χ0v) is 10.6. The first-order valence-corrected chi connectivity index (χ1v) is 6.38. The number of hydrogen-bond donors (Lipinski definition) is 1. The third-order valence-electron chi connectivity index (χ3n) is 3.45. The standard InChI is InChI=1S/C12H19N3O3/c1-9(16)12(18)13-8-11(17)15-6-4-14(5-7-15)10-2-3-10/h10H,2-8H2,1H3,(H,13,18). The first-order valence-electron chi connectivity index (χ1n) is 6.38. The largest absolute Gasteiger partial charge is 0.340 e. The van der Waals surface area contributed by atoms with Gasteiger partial charge in [-0.2, -0.15) is 0 Å². The van der Waals surface area contributed by atoms with Crippen molar-refractivity contribution in [3.8, 4) is 0 Å². The van der Waals surface area contributed by atoms with Crippen LogP contribution < -0.4 is 5.32 Å². The van der Waals surface area contributed by atoms with E-state index in [0.717, 1.165) is 19.1 Å². The lowest BCUT2D eigenvalue weighted by Crippen LogP contribution is -2.51. The third-order valence-corrected chi connectivity index (χ3v) is 3.45. The number of amides is 2. The van der Waals surface area contributed by atoms with Gasteiger partial charge in [0.2, 0.25) is 11.7 Å². The number of ketones is 1. The van der Waals surface area contributed by atoms with E-state index in [4.69, 9.17) is 0 Å². The quantitative estimate of drug-likeness (QED) is 0.652. The first kappa shape index (κ1) is 13.0. The molecule has 1 saturated carbocycles. The number of carbonyl (C=O) groups excluding carboxylic acids is 3. The lowest BCUT2D eigenvalue weighted by Gasteiger charge is -2.34. The molecule has 6 nitrogen and oxygen atoms in total. The van der Waals surface area contributed by atoms with Crippen LogP contribution in [0.4, 0.5) is 0 Å². The maximum atomic E-state index is 11.8. The molecule has 0 atom stereocenters. The monoisotopic (exact) mass is 253 g/mol. The van der Waals surface area contributed by atoms with Gasteiger partial charge in [-0.25, -0.2) is 0 Å². The Morgan fingerprint density at radius 1 is 1.11 bits per heavy atom. The molecular weight excluding hydrogens is 234 g/mol. The van der Waals surface area contributed by atoms with Crippen molar-refractivity contribution in [3.63, 3.8) is 0 Å². The molecule has 1 aliphatic heterocycles. The smallest absolute Gasteiger partial charge is 0.287 e. The summed E-state index contributed by atoms with van der Waals surface area (Å²) >= 11 is 0. The molecule has 2 fully saturated rings. The van der Waals surface area contributed by atoms with Gasteiger partial charge in [-0.15, -0.1) is 0 Å². The third kappa shape index (κ3) is 3.29. The van der Waals surface area contributed by atoms with Crippen molar-refractivity contribution in [1.29, 1.82) is 0 Å². The highest BCUT2D eigenvalue weighted by Crippen LogP contribution is 2.27. The molecule has 1 saturated heterocycles. The van der Waals surface area contributed by atoms with Crippen LogP contribution in [0.15, 0.2) is 0 Å². The van der Waals surface area contributed by atoms with E-state index in [1.807, 2.05) is 0 Å². The SMILES string of the molecule is CC(=O)C(=O)NCC(=O)N1CCN(C2CC2)CC1. The molecule has 0 aromatic rings. The molecule has 100 valence electrons. The van der Waals surface area contributed by atoms with Gasteiger partial charge in [0.1, 0.15) is 0 Å². The van der Waals surface area contributed by atoms with Gasteiger partial charge in [0.25, 0.3) is 5.91 Å². The Labute approximate surface area is 106 Å². The van der Waals surface area contributed by atoms with Crippen LogP contribution in [-0.4, -0.2) is 66.2 Å². The van der Waals surface area contributed by atoms with Crippen LogP contribution in [-0.2, 0) is 14.4 Å². The minimum absolute atomic E-state index is 0.0815. The number of nitrogens with zero attached hydrogens (tertiary/aromatic N) is 2. The Kier molecular flexibility index (Phi) is 3.96. The van der Waals surface area contributed by atoms with E-state index in [2.05, 4.69) is 10.2 Å². The molecule has 0 aromatic heterocycles. The summed E-state index contributed by atoms with van der Waals surface area (Å²) in [6, 6.07) is 0.736. The van der Waals surface area contributed by atoms with E-state index in [0.29, 0.717) is 13.1 Å². The summed E-state index contributed by atoms with van der Waals surface area (Å²) in [6.07, 6.45) is 2.56. The van der Waals surface area contributed by atoms with Crippen molar-refractivity contribution < 1.29 is 14.4 Å². The zero-order valence-electron chi connectivity index (χ0n) is 10.6. The van der Waals surface area contributed by atoms with Crippen LogP contribution in [0.2, 0.25) is 0 Å². The van der Waals surface area contributed by atoms with Crippen LogP contribution in [0.5, 0.6) is 0 Å². The van der Waals surface area contributed by atoms with E-state index < -0.39 is 11.7 Å². The van der Waals surface area contributed by atoms with Crippen molar-refractivity contribution in [2.24, 2.45) is 0 Å². The molecule has 2 aliphatic rings. The summed E-state index contributed by atoms with van der Waals surface area (Å²) in [5.74, 6) is -1.37. The fraction of sp³-hybridized carbons (Fsp3) is 0.750.